The Hall–Kier alpha value is -0.340. The Balaban J connectivity index is 1.51. The molecule has 4 rings (SSSR count). The van der Waals surface area contributed by atoms with Gasteiger partial charge in [0.15, 0.2) is 0 Å². The van der Waals surface area contributed by atoms with Crippen LogP contribution in [0.2, 0.25) is 0 Å². The van der Waals surface area contributed by atoms with Crippen molar-refractivity contribution in [2.45, 2.75) is 77.7 Å². The number of rotatable bonds is 4. The van der Waals surface area contributed by atoms with E-state index in [1.807, 2.05) is 5.57 Å². The maximum atomic E-state index is 10.0. The van der Waals surface area contributed by atoms with Crippen LogP contribution in [0.3, 0.4) is 0 Å². The third kappa shape index (κ3) is 2.78. The molecule has 0 heterocycles. The van der Waals surface area contributed by atoms with Gasteiger partial charge in [0.2, 0.25) is 0 Å². The van der Waals surface area contributed by atoms with Gasteiger partial charge in [-0.15, -0.1) is 0 Å². The van der Waals surface area contributed by atoms with Gasteiger partial charge in [0, 0.05) is 13.2 Å². The first kappa shape index (κ1) is 17.1. The number of hydrogen-bond donors (Lipinski definition) is 1. The second-order valence-corrected chi connectivity index (χ2v) is 9.30. The van der Waals surface area contributed by atoms with E-state index in [2.05, 4.69) is 19.9 Å². The molecule has 4 aliphatic carbocycles. The van der Waals surface area contributed by atoms with Gasteiger partial charge in [-0.2, -0.15) is 0 Å². The zero-order chi connectivity index (χ0) is 16.7. The summed E-state index contributed by atoms with van der Waals surface area (Å²) in [5.74, 6) is 4.21. The fourth-order valence-electron chi connectivity index (χ4n) is 7.07. The van der Waals surface area contributed by atoms with Crippen LogP contribution in [0.1, 0.15) is 71.6 Å². The predicted octanol–water partition coefficient (Wildman–Crippen LogP) is 4.96. The van der Waals surface area contributed by atoms with Crippen LogP contribution in [0.4, 0.5) is 0 Å². The minimum absolute atomic E-state index is 0.0216. The molecule has 2 heteroatoms. The molecule has 24 heavy (non-hydrogen) atoms. The molecule has 2 nitrogen and oxygen atoms in total. The Bertz CT molecular complexity index is 484. The molecule has 3 fully saturated rings. The van der Waals surface area contributed by atoms with E-state index in [0.29, 0.717) is 5.41 Å². The van der Waals surface area contributed by atoms with Crippen LogP contribution in [0.25, 0.3) is 0 Å². The molecule has 0 saturated heterocycles. The van der Waals surface area contributed by atoms with Crippen molar-refractivity contribution < 1.29 is 9.84 Å². The first-order valence-corrected chi connectivity index (χ1v) is 10.6. The average Bonchev–Trinajstić information content (AvgIpc) is 2.91. The highest BCUT2D eigenvalue weighted by Crippen LogP contribution is 2.62. The number of aliphatic hydroxyl groups is 1. The lowest BCUT2D eigenvalue weighted by Crippen LogP contribution is -2.43. The molecule has 0 amide bonds. The van der Waals surface area contributed by atoms with Crippen molar-refractivity contribution in [1.29, 1.82) is 0 Å². The van der Waals surface area contributed by atoms with Crippen molar-refractivity contribution in [2.24, 2.45) is 35.0 Å². The quantitative estimate of drug-likeness (QED) is 0.582. The van der Waals surface area contributed by atoms with E-state index in [-0.39, 0.29) is 6.10 Å². The van der Waals surface area contributed by atoms with E-state index >= 15 is 0 Å². The third-order valence-electron chi connectivity index (χ3n) is 8.34. The summed E-state index contributed by atoms with van der Waals surface area (Å²) < 4.78 is 5.67. The van der Waals surface area contributed by atoms with Crippen molar-refractivity contribution in [2.75, 3.05) is 13.2 Å². The first-order valence-electron chi connectivity index (χ1n) is 10.6. The number of hydrogen-bond acceptors (Lipinski definition) is 2. The van der Waals surface area contributed by atoms with E-state index < -0.39 is 0 Å². The topological polar surface area (TPSA) is 29.5 Å². The number of aliphatic hydroxyl groups excluding tert-OH is 1. The lowest BCUT2D eigenvalue weighted by Gasteiger charge is -2.52. The summed E-state index contributed by atoms with van der Waals surface area (Å²) >= 11 is 0. The lowest BCUT2D eigenvalue weighted by molar-refractivity contribution is 0.0248. The maximum absolute atomic E-state index is 10.0. The van der Waals surface area contributed by atoms with Gasteiger partial charge in [-0.3, -0.25) is 0 Å². The molecule has 0 bridgehead atoms. The Kier molecular flexibility index (Phi) is 4.81. The summed E-state index contributed by atoms with van der Waals surface area (Å²) in [4.78, 5) is 0. The van der Waals surface area contributed by atoms with E-state index in [0.717, 1.165) is 55.6 Å². The van der Waals surface area contributed by atoms with E-state index in [1.54, 1.807) is 0 Å². The van der Waals surface area contributed by atoms with E-state index in [4.69, 9.17) is 4.74 Å². The SMILES string of the molecule is CCOCC[C@H]1CC[C@H]2[C@@H]3CCC4CC(O)CC[C@@H]4C3=CC[C@]12C. The molecule has 0 aromatic carbocycles. The fourth-order valence-corrected chi connectivity index (χ4v) is 7.07. The molecule has 3 saturated carbocycles. The van der Waals surface area contributed by atoms with Crippen molar-refractivity contribution >= 4 is 0 Å². The average molecular weight is 333 g/mol. The van der Waals surface area contributed by atoms with Crippen LogP contribution in [0, 0.1) is 35.0 Å². The van der Waals surface area contributed by atoms with Gasteiger partial charge in [-0.25, -0.2) is 0 Å². The summed E-state index contributed by atoms with van der Waals surface area (Å²) in [5.41, 5.74) is 2.35. The van der Waals surface area contributed by atoms with Gasteiger partial charge in [-0.1, -0.05) is 18.6 Å². The molecule has 0 radical (unpaired) electrons. The summed E-state index contributed by atoms with van der Waals surface area (Å²) in [6.07, 6.45) is 14.1. The second-order valence-electron chi connectivity index (χ2n) is 9.30. The fraction of sp³-hybridized carbons (Fsp3) is 0.909. The van der Waals surface area contributed by atoms with Crippen LogP contribution in [-0.4, -0.2) is 24.4 Å². The van der Waals surface area contributed by atoms with Crippen LogP contribution in [-0.2, 0) is 4.74 Å². The molecule has 7 atom stereocenters. The van der Waals surface area contributed by atoms with Gasteiger partial charge >= 0.3 is 0 Å². The Morgan fingerprint density at radius 3 is 2.79 bits per heavy atom. The smallest absolute Gasteiger partial charge is 0.0543 e. The van der Waals surface area contributed by atoms with Crippen LogP contribution >= 0.6 is 0 Å². The lowest BCUT2D eigenvalue weighted by atomic mass is 9.53. The van der Waals surface area contributed by atoms with Crippen molar-refractivity contribution in [3.63, 3.8) is 0 Å². The first-order chi connectivity index (χ1) is 11.6. The summed E-state index contributed by atoms with van der Waals surface area (Å²) in [7, 11) is 0. The minimum atomic E-state index is -0.0216. The third-order valence-corrected chi connectivity index (χ3v) is 8.34. The Morgan fingerprint density at radius 1 is 1.12 bits per heavy atom. The highest BCUT2D eigenvalue weighted by Gasteiger charge is 2.53. The molecule has 2 unspecified atom stereocenters. The maximum Gasteiger partial charge on any atom is 0.0543 e. The highest BCUT2D eigenvalue weighted by atomic mass is 16.5. The van der Waals surface area contributed by atoms with Gasteiger partial charge in [-0.05, 0) is 99.7 Å². The summed E-state index contributed by atoms with van der Waals surface area (Å²) in [6, 6.07) is 0. The van der Waals surface area contributed by atoms with Crippen molar-refractivity contribution in [1.82, 2.24) is 0 Å². The van der Waals surface area contributed by atoms with Crippen LogP contribution < -0.4 is 0 Å². The van der Waals surface area contributed by atoms with Crippen LogP contribution in [0.15, 0.2) is 11.6 Å². The molecule has 0 spiro atoms. The molecular weight excluding hydrogens is 296 g/mol. The molecule has 1 N–H and O–H groups in total. The van der Waals surface area contributed by atoms with Gasteiger partial charge in [0.25, 0.3) is 0 Å². The highest BCUT2D eigenvalue weighted by molar-refractivity contribution is 5.24. The monoisotopic (exact) mass is 332 g/mol. The minimum Gasteiger partial charge on any atom is -0.393 e. The molecule has 0 aliphatic heterocycles. The predicted molar refractivity (Wildman–Crippen MR) is 97.7 cm³/mol. The molecule has 0 aromatic rings. The normalized spacial score (nSPS) is 47.5. The largest absolute Gasteiger partial charge is 0.393 e. The van der Waals surface area contributed by atoms with Crippen LogP contribution in [0.5, 0.6) is 0 Å². The second kappa shape index (κ2) is 6.76. The summed E-state index contributed by atoms with van der Waals surface area (Å²) in [6.45, 7) is 6.50. The van der Waals surface area contributed by atoms with Gasteiger partial charge in [0.1, 0.15) is 0 Å². The molecule has 4 aliphatic rings. The molecule has 0 aromatic heterocycles. The zero-order valence-corrected chi connectivity index (χ0v) is 15.7. The number of ether oxygens (including phenoxy) is 1. The molecule has 136 valence electrons. The standard InChI is InChI=1S/C22H36O2/c1-3-24-13-11-16-5-9-21-20-7-4-15-14-17(23)6-8-18(15)19(20)10-12-22(16,21)2/h10,15-18,20-21,23H,3-9,11-14H2,1-2H3/t15?,16-,17?,18+,20-,21+,22-/m1/s1. The Morgan fingerprint density at radius 2 is 1.96 bits per heavy atom. The zero-order valence-electron chi connectivity index (χ0n) is 15.7. The van der Waals surface area contributed by atoms with Gasteiger partial charge in [0.05, 0.1) is 6.10 Å². The summed E-state index contributed by atoms with van der Waals surface area (Å²) in [5, 5.41) is 10.0. The number of fused-ring (bicyclic) bond motifs is 5. The van der Waals surface area contributed by atoms with Gasteiger partial charge < -0.3 is 9.84 Å². The van der Waals surface area contributed by atoms with E-state index in [9.17, 15) is 5.11 Å². The van der Waals surface area contributed by atoms with E-state index in [1.165, 1.54) is 44.9 Å². The Labute approximate surface area is 148 Å². The number of allylic oxidation sites excluding steroid dienone is 2. The molecular formula is C22H36O2. The van der Waals surface area contributed by atoms with Crippen molar-refractivity contribution in [3.8, 4) is 0 Å². The van der Waals surface area contributed by atoms with Crippen molar-refractivity contribution in [3.05, 3.63) is 11.6 Å².